The van der Waals surface area contributed by atoms with Gasteiger partial charge in [0.25, 0.3) is 0 Å². The number of carbonyl (C=O) groups is 1. The minimum atomic E-state index is -0.208. The molecule has 8 heteroatoms. The second kappa shape index (κ2) is 9.37. The summed E-state index contributed by atoms with van der Waals surface area (Å²) in [4.78, 5) is 16.5. The van der Waals surface area contributed by atoms with Crippen LogP contribution in [0.3, 0.4) is 0 Å². The third-order valence-corrected chi connectivity index (χ3v) is 5.85. The van der Waals surface area contributed by atoms with Gasteiger partial charge in [0.15, 0.2) is 0 Å². The summed E-state index contributed by atoms with van der Waals surface area (Å²) < 4.78 is 1.93. The molecule has 29 heavy (non-hydrogen) atoms. The molecule has 0 radical (unpaired) electrons. The second-order valence-corrected chi connectivity index (χ2v) is 8.18. The molecule has 0 saturated carbocycles. The van der Waals surface area contributed by atoms with Crippen LogP contribution >= 0.6 is 0 Å². The van der Waals surface area contributed by atoms with Crippen molar-refractivity contribution in [1.82, 2.24) is 30.1 Å². The van der Waals surface area contributed by atoms with Crippen molar-refractivity contribution in [2.45, 2.75) is 45.0 Å². The molecule has 2 amide bonds. The minimum absolute atomic E-state index is 0.0168. The number of aromatic nitrogens is 3. The topological polar surface area (TPSA) is 86.5 Å². The van der Waals surface area contributed by atoms with Gasteiger partial charge in [0.1, 0.15) is 0 Å². The predicted molar refractivity (Wildman–Crippen MR) is 109 cm³/mol. The van der Waals surface area contributed by atoms with Crippen molar-refractivity contribution in [3.05, 3.63) is 47.8 Å². The number of nitrogens with zero attached hydrogens (tertiary/aromatic N) is 5. The molecular formula is C21H30N6O2. The Balaban J connectivity index is 1.18. The number of hydrogen-bond acceptors (Lipinski definition) is 5. The summed E-state index contributed by atoms with van der Waals surface area (Å²) >= 11 is 0. The van der Waals surface area contributed by atoms with Crippen molar-refractivity contribution < 1.29 is 9.90 Å². The summed E-state index contributed by atoms with van der Waals surface area (Å²) in [5.41, 5.74) is 2.07. The van der Waals surface area contributed by atoms with Gasteiger partial charge in [0.2, 0.25) is 0 Å². The molecule has 2 aliphatic rings. The Bertz CT molecular complexity index is 787. The van der Waals surface area contributed by atoms with Crippen LogP contribution in [0.5, 0.6) is 0 Å². The van der Waals surface area contributed by atoms with Gasteiger partial charge in [-0.25, -0.2) is 4.79 Å². The van der Waals surface area contributed by atoms with Gasteiger partial charge >= 0.3 is 6.03 Å². The number of amides is 2. The molecule has 0 aliphatic carbocycles. The second-order valence-electron chi connectivity index (χ2n) is 8.18. The van der Waals surface area contributed by atoms with Crippen LogP contribution in [0.2, 0.25) is 0 Å². The van der Waals surface area contributed by atoms with Gasteiger partial charge in [-0.05, 0) is 30.7 Å². The highest BCUT2D eigenvalue weighted by Crippen LogP contribution is 2.19. The average Bonchev–Trinajstić information content (AvgIpc) is 3.36. The maximum atomic E-state index is 12.4. The third-order valence-electron chi connectivity index (χ3n) is 5.85. The number of rotatable bonds is 6. The number of hydrogen-bond donors (Lipinski definition) is 2. The summed E-state index contributed by atoms with van der Waals surface area (Å²) in [6.45, 7) is 5.34. The highest BCUT2D eigenvalue weighted by Gasteiger charge is 2.24. The first kappa shape index (κ1) is 19.8. The summed E-state index contributed by atoms with van der Waals surface area (Å²) in [5, 5.41) is 21.2. The standard InChI is InChI=1S/C21H30N6O2/c28-20-8-9-25(16-20)14-19-15-27(24-23-19)13-18-6-10-26(11-7-18)21(29)22-12-17-4-2-1-3-5-17/h1-5,15,18,20,28H,6-14,16H2,(H,22,29). The number of urea groups is 1. The first-order valence-electron chi connectivity index (χ1n) is 10.5. The monoisotopic (exact) mass is 398 g/mol. The van der Waals surface area contributed by atoms with Gasteiger partial charge in [0.05, 0.1) is 11.8 Å². The fourth-order valence-corrected chi connectivity index (χ4v) is 4.15. The van der Waals surface area contributed by atoms with Crippen molar-refractivity contribution in [3.63, 3.8) is 0 Å². The molecule has 2 saturated heterocycles. The molecule has 0 spiro atoms. The average molecular weight is 399 g/mol. The van der Waals surface area contributed by atoms with Crippen LogP contribution < -0.4 is 5.32 Å². The van der Waals surface area contributed by atoms with E-state index < -0.39 is 0 Å². The molecule has 0 bridgehead atoms. The van der Waals surface area contributed by atoms with Gasteiger partial charge in [-0.3, -0.25) is 9.58 Å². The molecule has 1 aromatic carbocycles. The maximum Gasteiger partial charge on any atom is 0.317 e. The van der Waals surface area contributed by atoms with Crippen LogP contribution in [0, 0.1) is 5.92 Å². The first-order valence-corrected chi connectivity index (χ1v) is 10.5. The minimum Gasteiger partial charge on any atom is -0.392 e. The van der Waals surface area contributed by atoms with E-state index in [-0.39, 0.29) is 12.1 Å². The number of benzene rings is 1. The van der Waals surface area contributed by atoms with E-state index in [0.717, 1.165) is 69.8 Å². The van der Waals surface area contributed by atoms with Crippen LogP contribution in [-0.2, 0) is 19.6 Å². The molecule has 4 rings (SSSR count). The van der Waals surface area contributed by atoms with Crippen LogP contribution in [-0.4, -0.2) is 68.2 Å². The molecule has 3 heterocycles. The highest BCUT2D eigenvalue weighted by atomic mass is 16.3. The Hall–Kier alpha value is -2.45. The molecule has 8 nitrogen and oxygen atoms in total. The molecule has 1 atom stereocenters. The van der Waals surface area contributed by atoms with Gasteiger partial charge in [-0.2, -0.15) is 0 Å². The van der Waals surface area contributed by atoms with Gasteiger partial charge < -0.3 is 15.3 Å². The zero-order valence-electron chi connectivity index (χ0n) is 16.8. The number of β-amino-alcohol motifs (C(OH)–C–C–N with tert-alkyl or cyclic N) is 1. The van der Waals surface area contributed by atoms with E-state index in [9.17, 15) is 9.90 Å². The van der Waals surface area contributed by atoms with Crippen molar-refractivity contribution in [3.8, 4) is 0 Å². The Labute approximate surface area is 171 Å². The quantitative estimate of drug-likeness (QED) is 0.770. The van der Waals surface area contributed by atoms with Crippen LogP contribution in [0.25, 0.3) is 0 Å². The lowest BCUT2D eigenvalue weighted by Gasteiger charge is -2.31. The lowest BCUT2D eigenvalue weighted by Crippen LogP contribution is -2.44. The number of nitrogens with one attached hydrogen (secondary N) is 1. The normalized spacial score (nSPS) is 20.9. The smallest absolute Gasteiger partial charge is 0.317 e. The summed E-state index contributed by atoms with van der Waals surface area (Å²) in [6.07, 6.45) is 4.61. The van der Waals surface area contributed by atoms with E-state index in [0.29, 0.717) is 12.5 Å². The first-order chi connectivity index (χ1) is 14.2. The summed E-state index contributed by atoms with van der Waals surface area (Å²) in [7, 11) is 0. The molecule has 2 N–H and O–H groups in total. The number of carbonyl (C=O) groups excluding carboxylic acids is 1. The number of aliphatic hydroxyl groups excluding tert-OH is 1. The van der Waals surface area contributed by atoms with Crippen LogP contribution in [0.4, 0.5) is 4.79 Å². The molecular weight excluding hydrogens is 368 g/mol. The number of aliphatic hydroxyl groups is 1. The van der Waals surface area contributed by atoms with Gasteiger partial charge in [0, 0.05) is 52.0 Å². The summed E-state index contributed by atoms with van der Waals surface area (Å²) in [6, 6.07) is 10.00. The molecule has 1 unspecified atom stereocenters. The van der Waals surface area contributed by atoms with E-state index in [1.807, 2.05) is 46.1 Å². The lowest BCUT2D eigenvalue weighted by atomic mass is 9.97. The fourth-order valence-electron chi connectivity index (χ4n) is 4.15. The fraction of sp³-hybridized carbons (Fsp3) is 0.571. The van der Waals surface area contributed by atoms with E-state index in [2.05, 4.69) is 20.5 Å². The maximum absolute atomic E-state index is 12.4. The number of likely N-dealkylation sites (tertiary alicyclic amines) is 2. The van der Waals surface area contributed by atoms with Gasteiger partial charge in [-0.15, -0.1) is 5.10 Å². The molecule has 1 aromatic heterocycles. The van der Waals surface area contributed by atoms with E-state index in [4.69, 9.17) is 0 Å². The Kier molecular flexibility index (Phi) is 6.41. The summed E-state index contributed by atoms with van der Waals surface area (Å²) in [5.74, 6) is 0.510. The van der Waals surface area contributed by atoms with E-state index in [1.54, 1.807) is 0 Å². The molecule has 156 valence electrons. The molecule has 2 fully saturated rings. The Morgan fingerprint density at radius 2 is 1.93 bits per heavy atom. The predicted octanol–water partition coefficient (Wildman–Crippen LogP) is 1.47. The highest BCUT2D eigenvalue weighted by molar-refractivity contribution is 5.74. The van der Waals surface area contributed by atoms with E-state index in [1.165, 1.54) is 0 Å². The van der Waals surface area contributed by atoms with Crippen molar-refractivity contribution in [2.75, 3.05) is 26.2 Å². The molecule has 2 aromatic rings. The van der Waals surface area contributed by atoms with Crippen LogP contribution in [0.15, 0.2) is 36.5 Å². The zero-order valence-corrected chi connectivity index (χ0v) is 16.8. The van der Waals surface area contributed by atoms with Crippen LogP contribution in [0.1, 0.15) is 30.5 Å². The van der Waals surface area contributed by atoms with Crippen molar-refractivity contribution in [1.29, 1.82) is 0 Å². The number of piperidine rings is 1. The molecule has 2 aliphatic heterocycles. The zero-order chi connectivity index (χ0) is 20.1. The van der Waals surface area contributed by atoms with E-state index >= 15 is 0 Å². The third kappa shape index (κ3) is 5.55. The lowest BCUT2D eigenvalue weighted by molar-refractivity contribution is 0.163. The largest absolute Gasteiger partial charge is 0.392 e. The Morgan fingerprint density at radius 1 is 1.14 bits per heavy atom. The Morgan fingerprint density at radius 3 is 2.66 bits per heavy atom. The van der Waals surface area contributed by atoms with Crippen molar-refractivity contribution >= 4 is 6.03 Å². The SMILES string of the molecule is O=C(NCc1ccccc1)N1CCC(Cn2cc(CN3CCC(O)C3)nn2)CC1. The van der Waals surface area contributed by atoms with Crippen molar-refractivity contribution in [2.24, 2.45) is 5.92 Å². The van der Waals surface area contributed by atoms with Gasteiger partial charge in [-0.1, -0.05) is 35.5 Å².